The molecule has 2 unspecified atom stereocenters. The SMILES string of the molecule is CCNC(=NCC(C)Oc1ccccc1F)N1CCC(COC)C1.I. The maximum Gasteiger partial charge on any atom is 0.194 e. The Labute approximate surface area is 167 Å². The van der Waals surface area contributed by atoms with E-state index in [1.165, 1.54) is 6.07 Å². The molecule has 2 atom stereocenters. The van der Waals surface area contributed by atoms with Gasteiger partial charge in [-0.05, 0) is 32.4 Å². The first-order valence-electron chi connectivity index (χ1n) is 8.57. The van der Waals surface area contributed by atoms with Gasteiger partial charge in [0.2, 0.25) is 0 Å². The molecule has 1 aliphatic heterocycles. The molecule has 0 spiro atoms. The Hall–Kier alpha value is -1.09. The predicted octanol–water partition coefficient (Wildman–Crippen LogP) is 3.14. The monoisotopic (exact) mass is 465 g/mol. The van der Waals surface area contributed by atoms with Gasteiger partial charge in [0, 0.05) is 32.7 Å². The lowest BCUT2D eigenvalue weighted by molar-refractivity contribution is 0.157. The number of likely N-dealkylation sites (tertiary alicyclic amines) is 1. The molecule has 1 aliphatic rings. The quantitative estimate of drug-likeness (QED) is 0.382. The largest absolute Gasteiger partial charge is 0.486 e. The van der Waals surface area contributed by atoms with Crippen LogP contribution in [0.3, 0.4) is 0 Å². The molecule has 0 radical (unpaired) electrons. The second kappa shape index (κ2) is 11.5. The van der Waals surface area contributed by atoms with E-state index in [-0.39, 0.29) is 41.6 Å². The van der Waals surface area contributed by atoms with Gasteiger partial charge in [0.15, 0.2) is 17.5 Å². The van der Waals surface area contributed by atoms with Crippen molar-refractivity contribution in [2.24, 2.45) is 10.9 Å². The van der Waals surface area contributed by atoms with Crippen LogP contribution in [0, 0.1) is 11.7 Å². The van der Waals surface area contributed by atoms with Crippen molar-refractivity contribution in [3.05, 3.63) is 30.1 Å². The second-order valence-corrected chi connectivity index (χ2v) is 6.11. The number of hydrogen-bond acceptors (Lipinski definition) is 3. The van der Waals surface area contributed by atoms with Crippen LogP contribution in [0.4, 0.5) is 4.39 Å². The van der Waals surface area contributed by atoms with Crippen LogP contribution in [-0.2, 0) is 4.74 Å². The molecule has 1 aromatic rings. The van der Waals surface area contributed by atoms with Crippen LogP contribution in [0.5, 0.6) is 5.75 Å². The van der Waals surface area contributed by atoms with Gasteiger partial charge in [-0.25, -0.2) is 9.38 Å². The highest BCUT2D eigenvalue weighted by atomic mass is 127. The minimum Gasteiger partial charge on any atom is -0.486 e. The summed E-state index contributed by atoms with van der Waals surface area (Å²) < 4.78 is 24.5. The van der Waals surface area contributed by atoms with Gasteiger partial charge in [-0.15, -0.1) is 24.0 Å². The lowest BCUT2D eigenvalue weighted by Crippen LogP contribution is -2.41. The molecule has 0 aromatic heterocycles. The van der Waals surface area contributed by atoms with Crippen molar-refractivity contribution in [2.75, 3.05) is 39.9 Å². The third-order valence-corrected chi connectivity index (χ3v) is 3.99. The molecule has 5 nitrogen and oxygen atoms in total. The Balaban J connectivity index is 0.00000312. The Morgan fingerprint density at radius 2 is 2.20 bits per heavy atom. The van der Waals surface area contributed by atoms with Crippen molar-refractivity contribution in [2.45, 2.75) is 26.4 Å². The predicted molar refractivity (Wildman–Crippen MR) is 109 cm³/mol. The van der Waals surface area contributed by atoms with E-state index in [0.717, 1.165) is 38.6 Å². The van der Waals surface area contributed by atoms with Crippen LogP contribution < -0.4 is 10.1 Å². The number of nitrogens with one attached hydrogen (secondary N) is 1. The Kier molecular flexibility index (Phi) is 10.1. The first kappa shape index (κ1) is 22.0. The maximum absolute atomic E-state index is 13.6. The fourth-order valence-corrected chi connectivity index (χ4v) is 2.83. The molecular formula is C18H29FIN3O2. The molecular weight excluding hydrogens is 436 g/mol. The molecule has 1 aromatic carbocycles. The number of para-hydroxylation sites is 1. The van der Waals surface area contributed by atoms with Crippen LogP contribution in [0.15, 0.2) is 29.3 Å². The molecule has 1 saturated heterocycles. The van der Waals surface area contributed by atoms with E-state index < -0.39 is 0 Å². The van der Waals surface area contributed by atoms with E-state index in [2.05, 4.69) is 22.1 Å². The fourth-order valence-electron chi connectivity index (χ4n) is 2.83. The summed E-state index contributed by atoms with van der Waals surface area (Å²) in [4.78, 5) is 6.91. The zero-order chi connectivity index (χ0) is 17.4. The maximum atomic E-state index is 13.6. The van der Waals surface area contributed by atoms with Crippen LogP contribution in [-0.4, -0.2) is 56.9 Å². The summed E-state index contributed by atoms with van der Waals surface area (Å²) in [6.45, 7) is 7.94. The van der Waals surface area contributed by atoms with Crippen molar-refractivity contribution in [3.8, 4) is 5.75 Å². The van der Waals surface area contributed by atoms with Crippen molar-refractivity contribution in [1.29, 1.82) is 0 Å². The number of methoxy groups -OCH3 is 1. The molecule has 7 heteroatoms. The van der Waals surface area contributed by atoms with Gasteiger partial charge in [-0.1, -0.05) is 12.1 Å². The first-order chi connectivity index (χ1) is 11.6. The minimum atomic E-state index is -0.345. The van der Waals surface area contributed by atoms with E-state index >= 15 is 0 Å². The zero-order valence-corrected chi connectivity index (χ0v) is 17.5. The number of rotatable bonds is 7. The summed E-state index contributed by atoms with van der Waals surface area (Å²) in [5, 5.41) is 3.32. The van der Waals surface area contributed by atoms with Crippen LogP contribution in [0.2, 0.25) is 0 Å². The number of hydrogen-bond donors (Lipinski definition) is 1. The van der Waals surface area contributed by atoms with E-state index in [0.29, 0.717) is 12.5 Å². The van der Waals surface area contributed by atoms with E-state index in [1.807, 2.05) is 6.92 Å². The van der Waals surface area contributed by atoms with Gasteiger partial charge in [0.05, 0.1) is 13.2 Å². The number of ether oxygens (including phenoxy) is 2. The second-order valence-electron chi connectivity index (χ2n) is 6.11. The normalized spacial score (nSPS) is 18.6. The Morgan fingerprint density at radius 3 is 2.88 bits per heavy atom. The number of guanidine groups is 1. The summed E-state index contributed by atoms with van der Waals surface area (Å²) in [5.41, 5.74) is 0. The molecule has 0 saturated carbocycles. The summed E-state index contributed by atoms with van der Waals surface area (Å²) in [6.07, 6.45) is 0.910. The van der Waals surface area contributed by atoms with Gasteiger partial charge in [0.25, 0.3) is 0 Å². The summed E-state index contributed by atoms with van der Waals surface area (Å²) in [5.74, 6) is 1.36. The molecule has 1 fully saturated rings. The van der Waals surface area contributed by atoms with Crippen molar-refractivity contribution in [3.63, 3.8) is 0 Å². The average Bonchev–Trinajstić information content (AvgIpc) is 3.02. The number of benzene rings is 1. The smallest absolute Gasteiger partial charge is 0.194 e. The van der Waals surface area contributed by atoms with Gasteiger partial charge in [0.1, 0.15) is 6.10 Å². The van der Waals surface area contributed by atoms with Crippen molar-refractivity contribution in [1.82, 2.24) is 10.2 Å². The highest BCUT2D eigenvalue weighted by Crippen LogP contribution is 2.18. The average molecular weight is 465 g/mol. The summed E-state index contributed by atoms with van der Waals surface area (Å²) >= 11 is 0. The van der Waals surface area contributed by atoms with Crippen LogP contribution in [0.1, 0.15) is 20.3 Å². The van der Waals surface area contributed by atoms with Gasteiger partial charge in [-0.3, -0.25) is 0 Å². The highest BCUT2D eigenvalue weighted by Gasteiger charge is 2.24. The number of nitrogens with zero attached hydrogens (tertiary/aromatic N) is 2. The molecule has 25 heavy (non-hydrogen) atoms. The minimum absolute atomic E-state index is 0. The van der Waals surface area contributed by atoms with Crippen LogP contribution >= 0.6 is 24.0 Å². The third-order valence-electron chi connectivity index (χ3n) is 3.99. The number of aliphatic imine (C=N–C) groups is 1. The lowest BCUT2D eigenvalue weighted by atomic mass is 10.1. The van der Waals surface area contributed by atoms with Gasteiger partial charge in [-0.2, -0.15) is 0 Å². The zero-order valence-electron chi connectivity index (χ0n) is 15.2. The highest BCUT2D eigenvalue weighted by molar-refractivity contribution is 14.0. The lowest BCUT2D eigenvalue weighted by Gasteiger charge is -2.22. The molecule has 1 N–H and O–H groups in total. The standard InChI is InChI=1S/C18H28FN3O2.HI/c1-4-20-18(22-10-9-15(12-22)13-23-3)21-11-14(2)24-17-8-6-5-7-16(17)19;/h5-8,14-15H,4,9-13H2,1-3H3,(H,20,21);1H. The van der Waals surface area contributed by atoms with Crippen molar-refractivity contribution < 1.29 is 13.9 Å². The summed E-state index contributed by atoms with van der Waals surface area (Å²) in [6, 6.07) is 6.45. The Morgan fingerprint density at radius 1 is 1.44 bits per heavy atom. The number of halogens is 2. The molecule has 0 bridgehead atoms. The van der Waals surface area contributed by atoms with E-state index in [4.69, 9.17) is 9.47 Å². The first-order valence-corrected chi connectivity index (χ1v) is 8.57. The topological polar surface area (TPSA) is 46.1 Å². The molecule has 2 rings (SSSR count). The summed E-state index contributed by atoms with van der Waals surface area (Å²) in [7, 11) is 1.74. The third kappa shape index (κ3) is 6.97. The Bertz CT molecular complexity index is 545. The van der Waals surface area contributed by atoms with Crippen molar-refractivity contribution >= 4 is 29.9 Å². The van der Waals surface area contributed by atoms with E-state index in [9.17, 15) is 4.39 Å². The van der Waals surface area contributed by atoms with Gasteiger partial charge < -0.3 is 19.7 Å². The molecule has 1 heterocycles. The van der Waals surface area contributed by atoms with Gasteiger partial charge >= 0.3 is 0 Å². The fraction of sp³-hybridized carbons (Fsp3) is 0.611. The van der Waals surface area contributed by atoms with E-state index in [1.54, 1.807) is 25.3 Å². The molecule has 0 amide bonds. The molecule has 0 aliphatic carbocycles. The van der Waals surface area contributed by atoms with Crippen LogP contribution in [0.25, 0.3) is 0 Å². The molecule has 142 valence electrons.